The molecule has 0 aromatic rings. The summed E-state index contributed by atoms with van der Waals surface area (Å²) in [6.07, 6.45) is 8.24. The molecule has 0 aromatic heterocycles. The van der Waals surface area contributed by atoms with Gasteiger partial charge in [0.05, 0.1) is 6.61 Å². The van der Waals surface area contributed by atoms with Crippen molar-refractivity contribution in [2.75, 3.05) is 6.61 Å². The molecule has 0 aromatic carbocycles. The minimum absolute atomic E-state index is 0.00590. The molecule has 0 N–H and O–H groups in total. The second-order valence-corrected chi connectivity index (χ2v) is 1.45. The van der Waals surface area contributed by atoms with E-state index in [0.29, 0.717) is 6.42 Å². The zero-order valence-corrected chi connectivity index (χ0v) is 5.13. The van der Waals surface area contributed by atoms with Crippen LogP contribution >= 0.6 is 0 Å². The summed E-state index contributed by atoms with van der Waals surface area (Å²) in [6.45, 7) is 1.94. The zero-order valence-electron chi connectivity index (χ0n) is 5.13. The summed E-state index contributed by atoms with van der Waals surface area (Å²) in [5.74, 6) is 0. The molecule has 0 spiro atoms. The van der Waals surface area contributed by atoms with Crippen LogP contribution in [-0.2, 0) is 5.11 Å². The summed E-state index contributed by atoms with van der Waals surface area (Å²) in [6, 6.07) is 0. The third-order valence-corrected chi connectivity index (χ3v) is 0.724. The van der Waals surface area contributed by atoms with Gasteiger partial charge in [0.1, 0.15) is 0 Å². The summed E-state index contributed by atoms with van der Waals surface area (Å²) < 4.78 is 0. The highest BCUT2D eigenvalue weighted by atomic mass is 16.2. The normalized spacial score (nSPS) is 11.8. The highest BCUT2D eigenvalue weighted by molar-refractivity contribution is 5.00. The number of hydrogen-bond acceptors (Lipinski definition) is 0. The van der Waals surface area contributed by atoms with E-state index in [1.54, 1.807) is 0 Å². The molecule has 0 fully saturated rings. The van der Waals surface area contributed by atoms with Crippen molar-refractivity contribution in [3.8, 4) is 0 Å². The molecule has 0 aliphatic carbocycles. The first-order valence-corrected chi connectivity index (χ1v) is 2.77. The van der Waals surface area contributed by atoms with Crippen molar-refractivity contribution in [3.63, 3.8) is 0 Å². The Morgan fingerprint density at radius 2 is 2.12 bits per heavy atom. The lowest BCUT2D eigenvalue weighted by Gasteiger charge is -1.76. The summed E-state index contributed by atoms with van der Waals surface area (Å²) in [7, 11) is 0. The van der Waals surface area contributed by atoms with Gasteiger partial charge in [0.15, 0.2) is 0 Å². The molecule has 0 saturated heterocycles. The molecule has 0 bridgehead atoms. The fraction of sp³-hybridized carbons (Fsp3) is 0.429. The van der Waals surface area contributed by atoms with E-state index in [1.807, 2.05) is 31.2 Å². The molecule has 45 valence electrons. The van der Waals surface area contributed by atoms with Gasteiger partial charge in [-0.1, -0.05) is 24.3 Å². The van der Waals surface area contributed by atoms with Crippen LogP contribution < -0.4 is 0 Å². The van der Waals surface area contributed by atoms with Gasteiger partial charge in [-0.05, 0) is 13.3 Å². The molecule has 0 amide bonds. The lowest BCUT2D eigenvalue weighted by atomic mass is 10.4. The molecule has 1 heteroatoms. The Hall–Kier alpha value is -0.560. The van der Waals surface area contributed by atoms with Crippen LogP contribution in [0.2, 0.25) is 0 Å². The van der Waals surface area contributed by atoms with Crippen molar-refractivity contribution in [2.24, 2.45) is 0 Å². The molecular weight excluding hydrogens is 100 g/mol. The zero-order chi connectivity index (χ0) is 6.24. The Morgan fingerprint density at radius 1 is 1.38 bits per heavy atom. The van der Waals surface area contributed by atoms with E-state index in [9.17, 15) is 5.11 Å². The Kier molecular flexibility index (Phi) is 5.99. The molecule has 0 saturated carbocycles. The SMILES string of the molecule is CC=CC=CCC[O]. The third kappa shape index (κ3) is 5.44. The molecular formula is C7H11O. The monoisotopic (exact) mass is 111 g/mol. The lowest BCUT2D eigenvalue weighted by molar-refractivity contribution is 0.199. The van der Waals surface area contributed by atoms with E-state index < -0.39 is 0 Å². The van der Waals surface area contributed by atoms with Crippen molar-refractivity contribution in [1.82, 2.24) is 0 Å². The minimum Gasteiger partial charge on any atom is -0.236 e. The van der Waals surface area contributed by atoms with Gasteiger partial charge in [0, 0.05) is 0 Å². The number of hydrogen-bond donors (Lipinski definition) is 0. The summed E-state index contributed by atoms with van der Waals surface area (Å²) in [5, 5.41) is 9.82. The van der Waals surface area contributed by atoms with E-state index >= 15 is 0 Å². The number of allylic oxidation sites excluding steroid dienone is 3. The van der Waals surface area contributed by atoms with Crippen LogP contribution in [-0.4, -0.2) is 6.61 Å². The van der Waals surface area contributed by atoms with E-state index in [2.05, 4.69) is 0 Å². The molecule has 0 aliphatic heterocycles. The maximum atomic E-state index is 9.82. The molecule has 0 heterocycles. The third-order valence-electron chi connectivity index (χ3n) is 0.724. The van der Waals surface area contributed by atoms with Gasteiger partial charge >= 0.3 is 0 Å². The second-order valence-electron chi connectivity index (χ2n) is 1.45. The predicted molar refractivity (Wildman–Crippen MR) is 34.1 cm³/mol. The summed E-state index contributed by atoms with van der Waals surface area (Å²) in [5.41, 5.74) is 0. The minimum atomic E-state index is -0.00590. The summed E-state index contributed by atoms with van der Waals surface area (Å²) in [4.78, 5) is 0. The van der Waals surface area contributed by atoms with Crippen molar-refractivity contribution in [3.05, 3.63) is 24.3 Å². The topological polar surface area (TPSA) is 19.9 Å². The average molecular weight is 111 g/mol. The Morgan fingerprint density at radius 3 is 2.62 bits per heavy atom. The smallest absolute Gasteiger partial charge is 0.0856 e. The van der Waals surface area contributed by atoms with Gasteiger partial charge in [0.2, 0.25) is 0 Å². The fourth-order valence-corrected chi connectivity index (χ4v) is 0.354. The van der Waals surface area contributed by atoms with E-state index in [0.717, 1.165) is 0 Å². The van der Waals surface area contributed by atoms with Crippen LogP contribution in [0.1, 0.15) is 13.3 Å². The molecule has 0 atom stereocenters. The molecule has 1 nitrogen and oxygen atoms in total. The van der Waals surface area contributed by atoms with E-state index in [1.165, 1.54) is 0 Å². The highest BCUT2D eigenvalue weighted by Crippen LogP contribution is 1.81. The van der Waals surface area contributed by atoms with Crippen LogP contribution in [0.15, 0.2) is 24.3 Å². The summed E-state index contributed by atoms with van der Waals surface area (Å²) >= 11 is 0. The molecule has 1 radical (unpaired) electrons. The van der Waals surface area contributed by atoms with Crippen molar-refractivity contribution in [2.45, 2.75) is 13.3 Å². The van der Waals surface area contributed by atoms with Crippen LogP contribution in [0.25, 0.3) is 0 Å². The first kappa shape index (κ1) is 7.44. The number of rotatable bonds is 3. The van der Waals surface area contributed by atoms with Crippen LogP contribution in [0.3, 0.4) is 0 Å². The van der Waals surface area contributed by atoms with E-state index in [4.69, 9.17) is 0 Å². The first-order valence-electron chi connectivity index (χ1n) is 2.77. The first-order chi connectivity index (χ1) is 3.91. The van der Waals surface area contributed by atoms with Gasteiger partial charge in [-0.25, -0.2) is 5.11 Å². The van der Waals surface area contributed by atoms with Crippen LogP contribution in [0, 0.1) is 0 Å². The van der Waals surface area contributed by atoms with Gasteiger partial charge < -0.3 is 0 Å². The maximum absolute atomic E-state index is 9.82. The van der Waals surface area contributed by atoms with Crippen molar-refractivity contribution in [1.29, 1.82) is 0 Å². The largest absolute Gasteiger partial charge is 0.236 e. The standard InChI is InChI=1S/C7H11O/c1-2-3-4-5-6-7-8/h2-5H,6-7H2,1H3. The van der Waals surface area contributed by atoms with Crippen LogP contribution in [0.5, 0.6) is 0 Å². The fourth-order valence-electron chi connectivity index (χ4n) is 0.354. The second kappa shape index (κ2) is 6.44. The molecule has 0 aliphatic rings. The lowest BCUT2D eigenvalue weighted by Crippen LogP contribution is -1.70. The molecule has 0 rings (SSSR count). The Labute approximate surface area is 50.3 Å². The predicted octanol–water partition coefficient (Wildman–Crippen LogP) is 1.94. The molecule has 8 heavy (non-hydrogen) atoms. The van der Waals surface area contributed by atoms with Crippen LogP contribution in [0.4, 0.5) is 0 Å². The van der Waals surface area contributed by atoms with Crippen molar-refractivity contribution < 1.29 is 5.11 Å². The Balaban J connectivity index is 3.07. The maximum Gasteiger partial charge on any atom is 0.0856 e. The molecule has 0 unspecified atom stereocenters. The quantitative estimate of drug-likeness (QED) is 0.496. The Bertz CT molecular complexity index is 82.4. The highest BCUT2D eigenvalue weighted by Gasteiger charge is 1.70. The van der Waals surface area contributed by atoms with Gasteiger partial charge in [-0.2, -0.15) is 0 Å². The van der Waals surface area contributed by atoms with Crippen molar-refractivity contribution >= 4 is 0 Å². The average Bonchev–Trinajstić information content (AvgIpc) is 1.81. The van der Waals surface area contributed by atoms with E-state index in [-0.39, 0.29) is 6.61 Å². The van der Waals surface area contributed by atoms with Gasteiger partial charge in [0.25, 0.3) is 0 Å². The van der Waals surface area contributed by atoms with Gasteiger partial charge in [-0.3, -0.25) is 0 Å². The van der Waals surface area contributed by atoms with Gasteiger partial charge in [-0.15, -0.1) is 0 Å².